The summed E-state index contributed by atoms with van der Waals surface area (Å²) in [6, 6.07) is 16.3. The fraction of sp³-hybridized carbons (Fsp3) is 0.143. The molecule has 0 spiro atoms. The molecule has 1 N–H and O–H groups in total. The molecular formula is C35H22N6O5. The average molecular weight is 607 g/mol. The zero-order valence-corrected chi connectivity index (χ0v) is 24.6. The van der Waals surface area contributed by atoms with Gasteiger partial charge in [-0.2, -0.15) is 21.0 Å². The summed E-state index contributed by atoms with van der Waals surface area (Å²) in [4.78, 5) is 55.1. The molecule has 0 atom stereocenters. The molecule has 46 heavy (non-hydrogen) atoms. The van der Waals surface area contributed by atoms with Crippen molar-refractivity contribution in [3.63, 3.8) is 0 Å². The first-order valence-electron chi connectivity index (χ1n) is 14.0. The van der Waals surface area contributed by atoms with Gasteiger partial charge in [0.15, 0.2) is 11.6 Å². The molecule has 0 aromatic heterocycles. The number of aliphatic hydroxyl groups excluding tert-OH is 1. The number of fused-ring (bicyclic) bond motifs is 2. The van der Waals surface area contributed by atoms with E-state index in [1.807, 2.05) is 24.3 Å². The number of rotatable bonds is 4. The van der Waals surface area contributed by atoms with E-state index in [2.05, 4.69) is 6.58 Å². The van der Waals surface area contributed by atoms with E-state index in [1.54, 1.807) is 32.0 Å². The van der Waals surface area contributed by atoms with Gasteiger partial charge in [0.2, 0.25) is 6.35 Å². The van der Waals surface area contributed by atoms with Crippen molar-refractivity contribution in [1.82, 2.24) is 9.80 Å². The molecule has 1 aliphatic heterocycles. The summed E-state index contributed by atoms with van der Waals surface area (Å²) in [5.74, 6) is -2.46. The predicted molar refractivity (Wildman–Crippen MR) is 164 cm³/mol. The van der Waals surface area contributed by atoms with Crippen molar-refractivity contribution in [2.75, 3.05) is 13.1 Å². The van der Waals surface area contributed by atoms with Crippen LogP contribution in [-0.2, 0) is 9.59 Å². The Morgan fingerprint density at radius 1 is 0.717 bits per heavy atom. The fourth-order valence-corrected chi connectivity index (χ4v) is 5.78. The third kappa shape index (κ3) is 4.62. The SMILES string of the molecule is C=C1C(=C(C#N)C#N)c2ccc(C=C3C(=O)c4ccc(C=C5C(=O)N(CC)C(O)N(CC)C5=O)cc4C3=O)cc2C1=C(C#N)C#N. The molecule has 2 aromatic rings. The summed E-state index contributed by atoms with van der Waals surface area (Å²) in [6.07, 6.45) is 1.30. The van der Waals surface area contributed by atoms with Crippen molar-refractivity contribution in [1.29, 1.82) is 21.0 Å². The standard InChI is InChI=1S/C35H22N6O5/c1-4-40-33(44)28(34(45)41(5-2)35(40)46)13-20-7-9-24-26(11-20)32(43)27(31(24)42)12-19-6-8-23-25(10-19)30(22(16-38)17-39)18(3)29(23)21(14-36)15-37/h6-13,35,46H,3-5H2,1-2H3. The molecule has 5 rings (SSSR count). The maximum Gasteiger partial charge on any atom is 0.262 e. The molecule has 1 saturated heterocycles. The molecule has 2 aromatic carbocycles. The van der Waals surface area contributed by atoms with E-state index in [9.17, 15) is 45.3 Å². The van der Waals surface area contributed by atoms with Gasteiger partial charge in [0.25, 0.3) is 11.8 Å². The van der Waals surface area contributed by atoms with E-state index in [0.29, 0.717) is 22.3 Å². The van der Waals surface area contributed by atoms with Crippen LogP contribution in [0.4, 0.5) is 0 Å². The summed E-state index contributed by atoms with van der Waals surface area (Å²) in [5.41, 5.74) is 1.26. The van der Waals surface area contributed by atoms with Crippen LogP contribution < -0.4 is 0 Å². The molecule has 3 aliphatic rings. The summed E-state index contributed by atoms with van der Waals surface area (Å²) in [7, 11) is 0. The normalized spacial score (nSPS) is 17.8. The van der Waals surface area contributed by atoms with Crippen LogP contribution >= 0.6 is 0 Å². The van der Waals surface area contributed by atoms with Crippen molar-refractivity contribution in [3.8, 4) is 24.3 Å². The Morgan fingerprint density at radius 3 is 1.65 bits per heavy atom. The first-order valence-corrected chi connectivity index (χ1v) is 14.0. The molecule has 2 aliphatic carbocycles. The topological polar surface area (TPSA) is 190 Å². The molecule has 1 heterocycles. The number of aliphatic hydroxyl groups is 1. The number of carbonyl (C=O) groups is 4. The van der Waals surface area contributed by atoms with Gasteiger partial charge in [-0.05, 0) is 72.0 Å². The molecule has 0 radical (unpaired) electrons. The quantitative estimate of drug-likeness (QED) is 0.307. The highest BCUT2D eigenvalue weighted by Crippen LogP contribution is 2.47. The molecule has 0 unspecified atom stereocenters. The van der Waals surface area contributed by atoms with Crippen LogP contribution in [0.1, 0.15) is 56.8 Å². The van der Waals surface area contributed by atoms with Gasteiger partial charge in [0.1, 0.15) is 41.0 Å². The Kier molecular flexibility index (Phi) is 7.89. The van der Waals surface area contributed by atoms with Gasteiger partial charge in [-0.15, -0.1) is 0 Å². The van der Waals surface area contributed by atoms with Gasteiger partial charge in [0, 0.05) is 35.4 Å². The molecule has 11 nitrogen and oxygen atoms in total. The number of hydrogen-bond acceptors (Lipinski definition) is 9. The summed E-state index contributed by atoms with van der Waals surface area (Å²) in [6.45, 7) is 7.57. The highest BCUT2D eigenvalue weighted by molar-refractivity contribution is 6.41. The van der Waals surface area contributed by atoms with E-state index < -0.39 is 29.7 Å². The van der Waals surface area contributed by atoms with Crippen molar-refractivity contribution in [2.24, 2.45) is 0 Å². The molecular weight excluding hydrogens is 584 g/mol. The number of benzene rings is 2. The smallest absolute Gasteiger partial charge is 0.262 e. The van der Waals surface area contributed by atoms with Crippen LogP contribution in [0.25, 0.3) is 23.3 Å². The summed E-state index contributed by atoms with van der Waals surface area (Å²) < 4.78 is 0. The second-order valence-corrected chi connectivity index (χ2v) is 10.3. The molecule has 0 saturated carbocycles. The zero-order chi connectivity index (χ0) is 33.4. The molecule has 1 fully saturated rings. The van der Waals surface area contributed by atoms with Crippen LogP contribution in [-0.4, -0.2) is 57.7 Å². The number of ketones is 2. The number of amides is 2. The van der Waals surface area contributed by atoms with Crippen LogP contribution in [0.15, 0.2) is 70.8 Å². The Bertz CT molecular complexity index is 2080. The Balaban J connectivity index is 1.57. The monoisotopic (exact) mass is 606 g/mol. The number of nitrogens with zero attached hydrogens (tertiary/aromatic N) is 6. The minimum absolute atomic E-state index is 0.0744. The fourth-order valence-electron chi connectivity index (χ4n) is 5.78. The minimum atomic E-state index is -1.39. The van der Waals surface area contributed by atoms with Crippen molar-refractivity contribution in [3.05, 3.63) is 104 Å². The Labute approximate surface area is 263 Å². The van der Waals surface area contributed by atoms with Gasteiger partial charge in [-0.3, -0.25) is 29.0 Å². The van der Waals surface area contributed by atoms with E-state index in [-0.39, 0.29) is 63.2 Å². The Morgan fingerprint density at radius 2 is 1.15 bits per heavy atom. The van der Waals surface area contributed by atoms with Gasteiger partial charge in [0.05, 0.1) is 5.57 Å². The lowest BCUT2D eigenvalue weighted by atomic mass is 9.98. The first-order chi connectivity index (χ1) is 22.1. The van der Waals surface area contributed by atoms with Crippen molar-refractivity contribution in [2.45, 2.75) is 20.2 Å². The van der Waals surface area contributed by atoms with Crippen molar-refractivity contribution < 1.29 is 24.3 Å². The predicted octanol–water partition coefficient (Wildman–Crippen LogP) is 3.69. The van der Waals surface area contributed by atoms with Gasteiger partial charge in [-0.1, -0.05) is 24.8 Å². The van der Waals surface area contributed by atoms with Crippen molar-refractivity contribution >= 4 is 46.7 Å². The minimum Gasteiger partial charge on any atom is -0.356 e. The number of Topliss-reactive ketones (excluding diaryl/α,β-unsaturated/α-hetero) is 2. The molecule has 222 valence electrons. The number of likely N-dealkylation sites (N-methyl/N-ethyl adjacent to an activating group) is 2. The molecule has 2 amide bonds. The lowest BCUT2D eigenvalue weighted by Crippen LogP contribution is -2.59. The average Bonchev–Trinajstić information content (AvgIpc) is 3.46. The van der Waals surface area contributed by atoms with Crippen LogP contribution in [0.5, 0.6) is 0 Å². The number of hydrogen-bond donors (Lipinski definition) is 1. The van der Waals surface area contributed by atoms with E-state index in [0.717, 1.165) is 9.80 Å². The second-order valence-electron chi connectivity index (χ2n) is 10.3. The van der Waals surface area contributed by atoms with Gasteiger partial charge in [-0.25, -0.2) is 0 Å². The highest BCUT2D eigenvalue weighted by Gasteiger charge is 2.40. The van der Waals surface area contributed by atoms with Gasteiger partial charge >= 0.3 is 0 Å². The Hall–Kier alpha value is -6.66. The van der Waals surface area contributed by atoms with Crippen LogP contribution in [0, 0.1) is 45.3 Å². The second kappa shape index (κ2) is 11.8. The van der Waals surface area contributed by atoms with Crippen LogP contribution in [0.2, 0.25) is 0 Å². The molecule has 0 bridgehead atoms. The zero-order valence-electron chi connectivity index (χ0n) is 24.6. The number of allylic oxidation sites excluding steroid dienone is 6. The summed E-state index contributed by atoms with van der Waals surface area (Å²) >= 11 is 0. The van der Waals surface area contributed by atoms with E-state index in [1.165, 1.54) is 30.4 Å². The lowest BCUT2D eigenvalue weighted by molar-refractivity contribution is -0.173. The summed E-state index contributed by atoms with van der Waals surface area (Å²) in [5, 5.41) is 48.6. The lowest BCUT2D eigenvalue weighted by Gasteiger charge is -2.40. The largest absolute Gasteiger partial charge is 0.356 e. The maximum atomic E-state index is 13.5. The highest BCUT2D eigenvalue weighted by atomic mass is 16.3. The third-order valence-electron chi connectivity index (χ3n) is 8.00. The number of carbonyl (C=O) groups excluding carboxylic acids is 4. The molecule has 11 heteroatoms. The number of nitriles is 4. The third-order valence-corrected chi connectivity index (χ3v) is 8.00. The maximum absolute atomic E-state index is 13.5. The van der Waals surface area contributed by atoms with E-state index >= 15 is 0 Å². The first kappa shape index (κ1) is 30.8. The van der Waals surface area contributed by atoms with Gasteiger partial charge < -0.3 is 5.11 Å². The van der Waals surface area contributed by atoms with E-state index in [4.69, 9.17) is 0 Å². The van der Waals surface area contributed by atoms with Crippen LogP contribution in [0.3, 0.4) is 0 Å².